The van der Waals surface area contributed by atoms with E-state index in [1.807, 2.05) is 128 Å². The molecule has 96 heavy (non-hydrogen) atoms. The average molecular weight is 1220 g/mol. The first kappa shape index (κ1) is 57.5. The minimum Gasteiger partial charge on any atom is -0.309 e. The molecule has 0 fully saturated rings. The van der Waals surface area contributed by atoms with Gasteiger partial charge in [0.25, 0.3) is 0 Å². The fourth-order valence-electron chi connectivity index (χ4n) is 12.8. The van der Waals surface area contributed by atoms with E-state index < -0.39 is 0 Å². The van der Waals surface area contributed by atoms with Crippen molar-refractivity contribution in [3.05, 3.63) is 287 Å². The van der Waals surface area contributed by atoms with Crippen LogP contribution in [-0.4, -0.2) is 29.1 Å². The van der Waals surface area contributed by atoms with Crippen molar-refractivity contribution in [1.29, 1.82) is 42.1 Å². The summed E-state index contributed by atoms with van der Waals surface area (Å²) in [5.41, 5.74) is 16.8. The first-order valence-electron chi connectivity index (χ1n) is 30.1. The Morgan fingerprint density at radius 3 is 0.865 bits per heavy atom. The van der Waals surface area contributed by atoms with Crippen LogP contribution in [-0.2, 0) is 0 Å². The molecule has 0 spiro atoms. The van der Waals surface area contributed by atoms with Gasteiger partial charge in [-0.25, -0.2) is 15.0 Å². The Hall–Kier alpha value is -14.9. The van der Waals surface area contributed by atoms with Crippen LogP contribution in [0, 0.1) is 90.6 Å². The minimum atomic E-state index is 0.339. The predicted octanol–water partition coefficient (Wildman–Crippen LogP) is 17.8. The molecule has 0 amide bonds. The zero-order valence-electron chi connectivity index (χ0n) is 50.4. The molecule has 14 nitrogen and oxygen atoms in total. The smallest absolute Gasteiger partial charge is 0.164 e. The van der Waals surface area contributed by atoms with E-state index in [1.165, 1.54) is 0 Å². The number of benzene rings is 11. The van der Waals surface area contributed by atoms with E-state index in [9.17, 15) is 42.1 Å². The van der Waals surface area contributed by atoms with E-state index in [4.69, 9.17) is 19.9 Å². The van der Waals surface area contributed by atoms with Crippen molar-refractivity contribution in [3.8, 4) is 150 Å². The lowest BCUT2D eigenvalue weighted by Crippen LogP contribution is -2.04. The summed E-state index contributed by atoms with van der Waals surface area (Å²) in [5.74, 6) is 1.36. The van der Waals surface area contributed by atoms with Gasteiger partial charge < -0.3 is 9.13 Å². The van der Waals surface area contributed by atoms with Crippen molar-refractivity contribution >= 4 is 43.6 Å². The van der Waals surface area contributed by atoms with Crippen LogP contribution in [0.1, 0.15) is 44.5 Å². The van der Waals surface area contributed by atoms with Crippen LogP contribution < -0.4 is 0 Å². The highest BCUT2D eigenvalue weighted by Crippen LogP contribution is 2.45. The lowest BCUT2D eigenvalue weighted by molar-refractivity contribution is 1.07. The van der Waals surface area contributed by atoms with E-state index in [2.05, 4.69) is 94.1 Å². The van der Waals surface area contributed by atoms with Crippen LogP contribution in [0.4, 0.5) is 0 Å². The van der Waals surface area contributed by atoms with E-state index in [0.717, 1.165) is 93.8 Å². The lowest BCUT2D eigenvalue weighted by Gasteiger charge is -2.19. The number of aromatic nitrogens is 6. The Morgan fingerprint density at radius 1 is 0.240 bits per heavy atom. The summed E-state index contributed by atoms with van der Waals surface area (Å²) in [7, 11) is 0. The van der Waals surface area contributed by atoms with E-state index in [1.54, 1.807) is 79.0 Å². The second-order valence-corrected chi connectivity index (χ2v) is 22.9. The molecule has 0 aliphatic heterocycles. The predicted molar refractivity (Wildman–Crippen MR) is 368 cm³/mol. The third-order valence-corrected chi connectivity index (χ3v) is 17.2. The standard InChI is InChI=1S/C82H40N14/c83-40-49-23-50(41-84)28-64(27-49)59-11-16-75-70(35-59)71-36-60(65-29-51(42-85)24-52(30-65)43-86)12-17-76(71)95(75)74-20-15-63(82-93-80(57-7-3-1-4-8-57)92-81(94-82)58-9-5-2-6-10-58)39-69(74)68-21-22-91-48-79(68)96-77-18-13-61(66-31-53(44-87)25-54(32-66)45-88)37-72(77)73-38-62(14-19-78(73)96)67-33-55(46-89)26-56(34-67)47-90/h1-39,48H. The van der Waals surface area contributed by atoms with Crippen LogP contribution in [0.25, 0.3) is 145 Å². The first-order chi connectivity index (χ1) is 47.1. The minimum absolute atomic E-state index is 0.339. The molecule has 0 N–H and O–H groups in total. The summed E-state index contributed by atoms with van der Waals surface area (Å²) in [4.78, 5) is 20.3. The SMILES string of the molecule is N#Cc1cc(C#N)cc(-c2ccc3c(c2)c2cc(-c4cc(C#N)cc(C#N)c4)ccc2n3-c2ccc(-c3nc(-c4ccccc4)nc(-c4ccccc4)n3)cc2-c2ccncc2-n2c3ccc(-c4cc(C#N)cc(C#N)c4)cc3c3cc(-c4cc(C#N)cc(C#N)c4)ccc32)c1. The van der Waals surface area contributed by atoms with Crippen LogP contribution >= 0.6 is 0 Å². The number of nitriles is 8. The maximum Gasteiger partial charge on any atom is 0.164 e. The third-order valence-electron chi connectivity index (χ3n) is 17.2. The first-order valence-corrected chi connectivity index (χ1v) is 30.1. The number of nitrogens with zero attached hydrogens (tertiary/aromatic N) is 14. The normalized spacial score (nSPS) is 10.8. The summed E-state index contributed by atoms with van der Waals surface area (Å²) in [6.45, 7) is 0. The molecule has 15 aromatic rings. The van der Waals surface area contributed by atoms with Gasteiger partial charge >= 0.3 is 0 Å². The zero-order chi connectivity index (χ0) is 65.6. The van der Waals surface area contributed by atoms with E-state index in [0.29, 0.717) is 95.5 Å². The number of rotatable bonds is 10. The lowest BCUT2D eigenvalue weighted by atomic mass is 9.97. The molecule has 0 saturated heterocycles. The maximum atomic E-state index is 10.1. The Balaban J connectivity index is 1.03. The molecule has 0 unspecified atom stereocenters. The second kappa shape index (κ2) is 23.8. The Bertz CT molecular complexity index is 5750. The van der Waals surface area contributed by atoms with Gasteiger partial charge in [0, 0.05) is 55.6 Å². The summed E-state index contributed by atoms with van der Waals surface area (Å²) < 4.78 is 4.37. The fourth-order valence-corrected chi connectivity index (χ4v) is 12.8. The highest BCUT2D eigenvalue weighted by Gasteiger charge is 2.25. The van der Waals surface area contributed by atoms with Crippen molar-refractivity contribution in [2.45, 2.75) is 0 Å². The van der Waals surface area contributed by atoms with Crippen molar-refractivity contribution in [2.24, 2.45) is 0 Å². The Labute approximate surface area is 549 Å². The molecular formula is C82H40N14. The largest absolute Gasteiger partial charge is 0.309 e. The van der Waals surface area contributed by atoms with E-state index >= 15 is 0 Å². The highest BCUT2D eigenvalue weighted by molar-refractivity contribution is 6.14. The van der Waals surface area contributed by atoms with Crippen LogP contribution in [0.5, 0.6) is 0 Å². The number of hydrogen-bond acceptors (Lipinski definition) is 12. The molecule has 0 radical (unpaired) electrons. The van der Waals surface area contributed by atoms with Gasteiger partial charge in [-0.05, 0) is 190 Å². The molecule has 11 aromatic carbocycles. The van der Waals surface area contributed by atoms with Crippen molar-refractivity contribution < 1.29 is 0 Å². The van der Waals surface area contributed by atoms with Gasteiger partial charge in [0.15, 0.2) is 17.5 Å². The third kappa shape index (κ3) is 10.2. The van der Waals surface area contributed by atoms with Crippen LogP contribution in [0.3, 0.4) is 0 Å². The Kier molecular flexibility index (Phi) is 14.3. The highest BCUT2D eigenvalue weighted by atomic mass is 15.0. The zero-order valence-corrected chi connectivity index (χ0v) is 50.4. The summed E-state index contributed by atoms with van der Waals surface area (Å²) in [5, 5.41) is 84.2. The van der Waals surface area contributed by atoms with Gasteiger partial charge in [-0.1, -0.05) is 84.9 Å². The van der Waals surface area contributed by atoms with Crippen molar-refractivity contribution in [2.75, 3.05) is 0 Å². The molecule has 4 heterocycles. The fraction of sp³-hybridized carbons (Fsp3) is 0. The van der Waals surface area contributed by atoms with Gasteiger partial charge in [0.05, 0.1) is 133 Å². The number of pyridine rings is 1. The molecule has 14 heteroatoms. The monoisotopic (exact) mass is 1220 g/mol. The summed E-state index contributed by atoms with van der Waals surface area (Å²) >= 11 is 0. The molecule has 15 rings (SSSR count). The number of fused-ring (bicyclic) bond motifs is 6. The van der Waals surface area contributed by atoms with Crippen molar-refractivity contribution in [3.63, 3.8) is 0 Å². The van der Waals surface area contributed by atoms with Crippen molar-refractivity contribution in [1.82, 2.24) is 29.1 Å². The van der Waals surface area contributed by atoms with Gasteiger partial charge in [0.2, 0.25) is 0 Å². The van der Waals surface area contributed by atoms with Crippen LogP contribution in [0.2, 0.25) is 0 Å². The second-order valence-electron chi connectivity index (χ2n) is 22.9. The van der Waals surface area contributed by atoms with Gasteiger partial charge in [-0.15, -0.1) is 0 Å². The molecule has 0 aliphatic carbocycles. The summed E-state index contributed by atoms with van der Waals surface area (Å²) in [6.07, 6.45) is 3.59. The maximum absolute atomic E-state index is 10.1. The average Bonchev–Trinajstić information content (AvgIpc) is 1.57. The van der Waals surface area contributed by atoms with Gasteiger partial charge in [0.1, 0.15) is 0 Å². The molecule has 0 bridgehead atoms. The summed E-state index contributed by atoms with van der Waals surface area (Å²) in [6, 6.07) is 90.0. The molecular weight excluding hydrogens is 1180 g/mol. The molecule has 0 saturated carbocycles. The molecule has 438 valence electrons. The number of hydrogen-bond donors (Lipinski definition) is 0. The van der Waals surface area contributed by atoms with Gasteiger partial charge in [-0.2, -0.15) is 42.1 Å². The Morgan fingerprint density at radius 2 is 0.542 bits per heavy atom. The van der Waals surface area contributed by atoms with E-state index in [-0.39, 0.29) is 0 Å². The quantitative estimate of drug-likeness (QED) is 0.124. The van der Waals surface area contributed by atoms with Crippen LogP contribution in [0.15, 0.2) is 243 Å². The van der Waals surface area contributed by atoms with Gasteiger partial charge in [-0.3, -0.25) is 4.98 Å². The molecule has 0 atom stereocenters. The molecule has 4 aromatic heterocycles. The topological polar surface area (TPSA) is 252 Å². The molecule has 0 aliphatic rings.